The molecule has 1 N–H and O–H groups in total. The van der Waals surface area contributed by atoms with Crippen molar-refractivity contribution in [2.45, 2.75) is 31.2 Å². The van der Waals surface area contributed by atoms with E-state index in [1.165, 1.54) is 16.7 Å². The summed E-state index contributed by atoms with van der Waals surface area (Å²) in [5.74, 6) is 0.555. The van der Waals surface area contributed by atoms with Gasteiger partial charge in [0.2, 0.25) is 0 Å². The summed E-state index contributed by atoms with van der Waals surface area (Å²) >= 11 is 8.61. The molecule has 0 spiro atoms. The summed E-state index contributed by atoms with van der Waals surface area (Å²) in [5.41, 5.74) is 3.63. The molecule has 2 aromatic heterocycles. The molecule has 0 saturated carbocycles. The largest absolute Gasteiger partial charge is 0.502 e. The van der Waals surface area contributed by atoms with Crippen LogP contribution in [0.1, 0.15) is 47.9 Å². The van der Waals surface area contributed by atoms with Crippen LogP contribution in [0.3, 0.4) is 0 Å². The molecule has 1 fully saturated rings. The van der Waals surface area contributed by atoms with E-state index in [0.717, 1.165) is 30.4 Å². The fraction of sp³-hybridized carbons (Fsp3) is 0.320. The van der Waals surface area contributed by atoms with Gasteiger partial charge in [0.1, 0.15) is 0 Å². The van der Waals surface area contributed by atoms with Gasteiger partial charge in [-0.25, -0.2) is 0 Å². The molecule has 31 heavy (non-hydrogen) atoms. The number of benzene rings is 1. The summed E-state index contributed by atoms with van der Waals surface area (Å²) in [4.78, 5) is 11.4. The maximum atomic E-state index is 9.57. The molecule has 1 aliphatic heterocycles. The first-order valence-corrected chi connectivity index (χ1v) is 11.8. The average molecular weight is 496 g/mol. The highest BCUT2D eigenvalue weighted by molar-refractivity contribution is 9.10. The normalized spacial score (nSPS) is 16.3. The van der Waals surface area contributed by atoms with Gasteiger partial charge in [-0.15, -0.1) is 0 Å². The third-order valence-electron chi connectivity index (χ3n) is 6.10. The first-order valence-electron chi connectivity index (χ1n) is 10.6. The number of halogens is 1. The molecule has 3 aromatic rings. The summed E-state index contributed by atoms with van der Waals surface area (Å²) in [5, 5.41) is 9.70. The van der Waals surface area contributed by atoms with Crippen LogP contribution in [-0.4, -0.2) is 38.1 Å². The fourth-order valence-corrected chi connectivity index (χ4v) is 5.32. The van der Waals surface area contributed by atoms with E-state index in [4.69, 9.17) is 12.2 Å². The number of aliphatic hydroxyl groups excluding tert-OH is 1. The van der Waals surface area contributed by atoms with Crippen molar-refractivity contribution in [1.29, 1.82) is 0 Å². The number of likely N-dealkylation sites (tertiary alicyclic amines) is 1. The van der Waals surface area contributed by atoms with Gasteiger partial charge in [0.25, 0.3) is 0 Å². The predicted octanol–water partition coefficient (Wildman–Crippen LogP) is 6.10. The minimum Gasteiger partial charge on any atom is -0.502 e. The number of nitrogens with zero attached hydrogens (tertiary/aromatic N) is 3. The lowest BCUT2D eigenvalue weighted by atomic mass is 9.80. The van der Waals surface area contributed by atoms with Gasteiger partial charge >= 0.3 is 0 Å². The molecule has 1 aliphatic rings. The number of rotatable bonds is 7. The number of hydrogen-bond donors (Lipinski definition) is 1. The van der Waals surface area contributed by atoms with Crippen LogP contribution in [0.25, 0.3) is 0 Å². The fourth-order valence-electron chi connectivity index (χ4n) is 4.66. The zero-order chi connectivity index (χ0) is 21.6. The minimum absolute atomic E-state index is 0.104. The van der Waals surface area contributed by atoms with Crippen LogP contribution in [0.4, 0.5) is 0 Å². The maximum absolute atomic E-state index is 9.57. The first kappa shape index (κ1) is 22.1. The van der Waals surface area contributed by atoms with Crippen molar-refractivity contribution in [3.8, 4) is 0 Å². The smallest absolute Gasteiger partial charge is 0.156 e. The third-order valence-corrected chi connectivity index (χ3v) is 6.76. The Labute approximate surface area is 197 Å². The Morgan fingerprint density at radius 3 is 2.13 bits per heavy atom. The second-order valence-corrected chi connectivity index (χ2v) is 9.51. The second-order valence-electron chi connectivity index (χ2n) is 8.13. The van der Waals surface area contributed by atoms with Crippen LogP contribution < -0.4 is 0 Å². The lowest BCUT2D eigenvalue weighted by Crippen LogP contribution is -2.40. The summed E-state index contributed by atoms with van der Waals surface area (Å²) in [6.45, 7) is 1.92. The molecule has 0 aliphatic carbocycles. The molecule has 1 aromatic carbocycles. The standard InChI is InChI=1S/C25H26BrN3OS/c26-22-7-1-4-19(15-22)25(29-12-8-18(9-13-29)14-23(30)31)24(20-5-2-10-27-16-20)21-6-3-11-28-17-21/h1-7,10-11,15-18,24-25H,8-9,12-14H2,(H,30,31). The van der Waals surface area contributed by atoms with E-state index in [-0.39, 0.29) is 17.0 Å². The molecular formula is C25H26BrN3OS. The summed E-state index contributed by atoms with van der Waals surface area (Å²) in [6.07, 6.45) is 10.3. The number of aliphatic hydroxyl groups is 1. The van der Waals surface area contributed by atoms with E-state index in [1.807, 2.05) is 36.9 Å². The zero-order valence-electron chi connectivity index (χ0n) is 17.3. The monoisotopic (exact) mass is 495 g/mol. The van der Waals surface area contributed by atoms with E-state index in [2.05, 4.69) is 67.2 Å². The van der Waals surface area contributed by atoms with Crippen molar-refractivity contribution < 1.29 is 5.11 Å². The lowest BCUT2D eigenvalue weighted by Gasteiger charge is -2.41. The molecule has 6 heteroatoms. The Balaban J connectivity index is 1.74. The molecule has 0 amide bonds. The Kier molecular flexibility index (Phi) is 7.43. The van der Waals surface area contributed by atoms with Gasteiger partial charge in [0, 0.05) is 47.6 Å². The van der Waals surface area contributed by atoms with E-state index < -0.39 is 0 Å². The average Bonchev–Trinajstić information content (AvgIpc) is 2.79. The highest BCUT2D eigenvalue weighted by atomic mass is 79.9. The summed E-state index contributed by atoms with van der Waals surface area (Å²) in [6, 6.07) is 17.1. The molecule has 1 saturated heterocycles. The molecule has 4 rings (SSSR count). The Hall–Kier alpha value is -2.15. The van der Waals surface area contributed by atoms with Crippen LogP contribution in [0.5, 0.6) is 0 Å². The highest BCUT2D eigenvalue weighted by Crippen LogP contribution is 2.42. The van der Waals surface area contributed by atoms with Gasteiger partial charge in [-0.3, -0.25) is 14.9 Å². The maximum Gasteiger partial charge on any atom is 0.156 e. The van der Waals surface area contributed by atoms with Gasteiger partial charge in [-0.1, -0.05) is 40.2 Å². The number of piperidine rings is 1. The molecular weight excluding hydrogens is 470 g/mol. The van der Waals surface area contributed by atoms with Gasteiger partial charge < -0.3 is 5.11 Å². The van der Waals surface area contributed by atoms with Crippen LogP contribution in [0, 0.1) is 5.92 Å². The topological polar surface area (TPSA) is 49.2 Å². The third kappa shape index (κ3) is 5.56. The Morgan fingerprint density at radius 2 is 1.61 bits per heavy atom. The number of pyridine rings is 2. The van der Waals surface area contributed by atoms with Crippen LogP contribution in [-0.2, 0) is 0 Å². The quantitative estimate of drug-likeness (QED) is 0.401. The molecule has 160 valence electrons. The van der Waals surface area contributed by atoms with Gasteiger partial charge in [-0.2, -0.15) is 0 Å². The Morgan fingerprint density at radius 1 is 1.00 bits per heavy atom. The van der Waals surface area contributed by atoms with E-state index in [1.54, 1.807) is 0 Å². The summed E-state index contributed by atoms with van der Waals surface area (Å²) in [7, 11) is 0. The van der Waals surface area contributed by atoms with Gasteiger partial charge in [-0.05, 0) is 85.0 Å². The second kappa shape index (κ2) is 10.4. The first-order chi connectivity index (χ1) is 15.1. The Bertz CT molecular complexity index is 954. The van der Waals surface area contributed by atoms with Crippen LogP contribution in [0.2, 0.25) is 0 Å². The van der Waals surface area contributed by atoms with Gasteiger partial charge in [0.15, 0.2) is 5.05 Å². The van der Waals surface area contributed by atoms with E-state index >= 15 is 0 Å². The minimum atomic E-state index is 0.104. The highest BCUT2D eigenvalue weighted by Gasteiger charge is 2.34. The van der Waals surface area contributed by atoms with Crippen molar-refractivity contribution in [2.24, 2.45) is 5.92 Å². The van der Waals surface area contributed by atoms with Gasteiger partial charge in [0.05, 0.1) is 0 Å². The van der Waals surface area contributed by atoms with Crippen molar-refractivity contribution in [3.63, 3.8) is 0 Å². The molecule has 1 atom stereocenters. The lowest BCUT2D eigenvalue weighted by molar-refractivity contribution is 0.122. The SMILES string of the molecule is OC(=S)CC1CCN(C(c2cccc(Br)c2)C(c2cccnc2)c2cccnc2)CC1. The zero-order valence-corrected chi connectivity index (χ0v) is 19.7. The molecule has 4 nitrogen and oxygen atoms in total. The van der Waals surface area contributed by atoms with E-state index in [9.17, 15) is 5.11 Å². The van der Waals surface area contributed by atoms with Crippen LogP contribution in [0.15, 0.2) is 77.8 Å². The summed E-state index contributed by atoms with van der Waals surface area (Å²) < 4.78 is 1.08. The van der Waals surface area contributed by atoms with E-state index in [0.29, 0.717) is 12.3 Å². The number of hydrogen-bond acceptors (Lipinski definition) is 4. The number of thiocarbonyl (C=S) groups is 1. The number of aromatic nitrogens is 2. The molecule has 1 unspecified atom stereocenters. The van der Waals surface area contributed by atoms with Crippen molar-refractivity contribution in [2.75, 3.05) is 13.1 Å². The molecule has 0 bridgehead atoms. The van der Waals surface area contributed by atoms with Crippen molar-refractivity contribution in [1.82, 2.24) is 14.9 Å². The van der Waals surface area contributed by atoms with Crippen molar-refractivity contribution >= 4 is 33.2 Å². The predicted molar refractivity (Wildman–Crippen MR) is 131 cm³/mol. The molecule has 0 radical (unpaired) electrons. The van der Waals surface area contributed by atoms with Crippen LogP contribution >= 0.6 is 28.1 Å². The van der Waals surface area contributed by atoms with Crippen molar-refractivity contribution in [3.05, 3.63) is 94.5 Å². The molecule has 3 heterocycles.